The third-order valence-electron chi connectivity index (χ3n) is 4.00. The van der Waals surface area contributed by atoms with E-state index in [0.29, 0.717) is 12.5 Å². The molecule has 0 saturated heterocycles. The molecule has 2 atom stereocenters. The SMILES string of the molecule is Cc1cc(C(C)(O)CNC(c2cccnc2)C(C)C)c(C)o1. The topological polar surface area (TPSA) is 58.3 Å². The Labute approximate surface area is 132 Å². The van der Waals surface area contributed by atoms with Gasteiger partial charge in [0, 0.05) is 30.5 Å². The highest BCUT2D eigenvalue weighted by Gasteiger charge is 2.29. The Hall–Kier alpha value is -1.65. The standard InChI is InChI=1S/C18H26N2O2/c1-12(2)17(15-7-6-8-19-10-15)20-11-18(5,21)16-9-13(3)22-14(16)4/h6-10,12,17,20-21H,11H2,1-5H3. The minimum Gasteiger partial charge on any atom is -0.466 e. The second-order valence-electron chi connectivity index (χ2n) is 6.49. The Morgan fingerprint density at radius 2 is 2.09 bits per heavy atom. The monoisotopic (exact) mass is 302 g/mol. The number of aryl methyl sites for hydroxylation is 2. The molecule has 0 spiro atoms. The van der Waals surface area contributed by atoms with E-state index in [9.17, 15) is 5.11 Å². The number of aliphatic hydroxyl groups is 1. The van der Waals surface area contributed by atoms with Crippen LogP contribution in [0.5, 0.6) is 0 Å². The minimum atomic E-state index is -0.975. The molecule has 4 nitrogen and oxygen atoms in total. The van der Waals surface area contributed by atoms with Crippen LogP contribution in [0.2, 0.25) is 0 Å². The Balaban J connectivity index is 2.14. The maximum atomic E-state index is 10.8. The van der Waals surface area contributed by atoms with Crippen molar-refractivity contribution in [2.45, 2.75) is 46.3 Å². The van der Waals surface area contributed by atoms with Gasteiger partial charge in [0.1, 0.15) is 17.1 Å². The van der Waals surface area contributed by atoms with Gasteiger partial charge in [0.2, 0.25) is 0 Å². The van der Waals surface area contributed by atoms with Crippen LogP contribution in [0.15, 0.2) is 35.0 Å². The lowest BCUT2D eigenvalue weighted by molar-refractivity contribution is 0.0504. The van der Waals surface area contributed by atoms with Crippen LogP contribution in [0.1, 0.15) is 49.5 Å². The predicted octanol–water partition coefficient (Wildman–Crippen LogP) is 3.49. The van der Waals surface area contributed by atoms with Crippen LogP contribution in [0.25, 0.3) is 0 Å². The van der Waals surface area contributed by atoms with E-state index in [4.69, 9.17) is 4.42 Å². The molecule has 0 fully saturated rings. The van der Waals surface area contributed by atoms with E-state index in [-0.39, 0.29) is 6.04 Å². The molecule has 0 bridgehead atoms. The molecular formula is C18H26N2O2. The number of furan rings is 1. The van der Waals surface area contributed by atoms with Gasteiger partial charge in [-0.15, -0.1) is 0 Å². The second-order valence-corrected chi connectivity index (χ2v) is 6.49. The van der Waals surface area contributed by atoms with E-state index in [1.54, 1.807) is 6.20 Å². The number of rotatable bonds is 6. The molecule has 2 unspecified atom stereocenters. The third-order valence-corrected chi connectivity index (χ3v) is 4.00. The number of hydrogen-bond donors (Lipinski definition) is 2. The van der Waals surface area contributed by atoms with Crippen LogP contribution < -0.4 is 5.32 Å². The van der Waals surface area contributed by atoms with Crippen LogP contribution in [-0.4, -0.2) is 16.6 Å². The van der Waals surface area contributed by atoms with Gasteiger partial charge >= 0.3 is 0 Å². The molecule has 0 aliphatic carbocycles. The summed E-state index contributed by atoms with van der Waals surface area (Å²) >= 11 is 0. The first-order chi connectivity index (χ1) is 10.3. The van der Waals surface area contributed by atoms with Crippen molar-refractivity contribution in [3.63, 3.8) is 0 Å². The third kappa shape index (κ3) is 3.76. The van der Waals surface area contributed by atoms with Gasteiger partial charge < -0.3 is 14.8 Å². The number of hydrogen-bond acceptors (Lipinski definition) is 4. The molecule has 4 heteroatoms. The van der Waals surface area contributed by atoms with Gasteiger partial charge in [-0.2, -0.15) is 0 Å². The van der Waals surface area contributed by atoms with Crippen molar-refractivity contribution >= 4 is 0 Å². The normalized spacial score (nSPS) is 15.8. The van der Waals surface area contributed by atoms with E-state index in [2.05, 4.69) is 30.2 Å². The Morgan fingerprint density at radius 1 is 1.36 bits per heavy atom. The first-order valence-electron chi connectivity index (χ1n) is 7.74. The predicted molar refractivity (Wildman–Crippen MR) is 87.6 cm³/mol. The summed E-state index contributed by atoms with van der Waals surface area (Å²) in [4.78, 5) is 4.19. The van der Waals surface area contributed by atoms with Gasteiger partial charge in [-0.1, -0.05) is 19.9 Å². The molecule has 0 amide bonds. The summed E-state index contributed by atoms with van der Waals surface area (Å²) < 4.78 is 5.54. The van der Waals surface area contributed by atoms with Crippen LogP contribution >= 0.6 is 0 Å². The Bertz CT molecular complexity index is 603. The molecule has 2 aromatic heterocycles. The van der Waals surface area contributed by atoms with Crippen molar-refractivity contribution in [1.29, 1.82) is 0 Å². The van der Waals surface area contributed by atoms with Crippen LogP contribution in [0, 0.1) is 19.8 Å². The maximum Gasteiger partial charge on any atom is 0.107 e. The average Bonchev–Trinajstić information content (AvgIpc) is 2.79. The van der Waals surface area contributed by atoms with Crippen LogP contribution in [-0.2, 0) is 5.60 Å². The van der Waals surface area contributed by atoms with Gasteiger partial charge in [-0.05, 0) is 44.4 Å². The smallest absolute Gasteiger partial charge is 0.107 e. The highest BCUT2D eigenvalue weighted by atomic mass is 16.3. The highest BCUT2D eigenvalue weighted by molar-refractivity contribution is 5.27. The molecule has 0 aliphatic heterocycles. The summed E-state index contributed by atoms with van der Waals surface area (Å²) in [6, 6.07) is 6.06. The van der Waals surface area contributed by atoms with Gasteiger partial charge in [-0.25, -0.2) is 0 Å². The molecule has 2 N–H and O–H groups in total. The molecule has 22 heavy (non-hydrogen) atoms. The molecule has 0 aromatic carbocycles. The first kappa shape index (κ1) is 16.7. The maximum absolute atomic E-state index is 10.8. The zero-order valence-electron chi connectivity index (χ0n) is 14.1. The van der Waals surface area contributed by atoms with Crippen molar-refractivity contribution in [3.8, 4) is 0 Å². The van der Waals surface area contributed by atoms with Crippen molar-refractivity contribution in [3.05, 3.63) is 53.2 Å². The summed E-state index contributed by atoms with van der Waals surface area (Å²) in [6.07, 6.45) is 3.65. The van der Waals surface area contributed by atoms with Crippen molar-refractivity contribution < 1.29 is 9.52 Å². The Morgan fingerprint density at radius 3 is 2.59 bits per heavy atom. The zero-order chi connectivity index (χ0) is 16.3. The van der Waals surface area contributed by atoms with Gasteiger partial charge in [0.15, 0.2) is 0 Å². The van der Waals surface area contributed by atoms with E-state index >= 15 is 0 Å². The van der Waals surface area contributed by atoms with E-state index < -0.39 is 5.60 Å². The molecule has 0 saturated carbocycles. The van der Waals surface area contributed by atoms with Gasteiger partial charge in [0.05, 0.1) is 0 Å². The fourth-order valence-electron chi connectivity index (χ4n) is 2.87. The summed E-state index contributed by atoms with van der Waals surface area (Å²) in [7, 11) is 0. The van der Waals surface area contributed by atoms with Crippen LogP contribution in [0.3, 0.4) is 0 Å². The fraction of sp³-hybridized carbons (Fsp3) is 0.500. The molecular weight excluding hydrogens is 276 g/mol. The number of pyridine rings is 1. The lowest BCUT2D eigenvalue weighted by atomic mass is 9.93. The first-order valence-corrected chi connectivity index (χ1v) is 7.74. The average molecular weight is 302 g/mol. The van der Waals surface area contributed by atoms with E-state index in [0.717, 1.165) is 22.6 Å². The largest absolute Gasteiger partial charge is 0.466 e. The molecule has 0 radical (unpaired) electrons. The number of nitrogens with zero attached hydrogens (tertiary/aromatic N) is 1. The molecule has 2 heterocycles. The van der Waals surface area contributed by atoms with Gasteiger partial charge in [0.25, 0.3) is 0 Å². The number of nitrogens with one attached hydrogen (secondary N) is 1. The van der Waals surface area contributed by atoms with E-state index in [1.165, 1.54) is 0 Å². The summed E-state index contributed by atoms with van der Waals surface area (Å²) in [6.45, 7) is 10.4. The number of aromatic nitrogens is 1. The lowest BCUT2D eigenvalue weighted by Gasteiger charge is -2.29. The molecule has 2 aromatic rings. The fourth-order valence-corrected chi connectivity index (χ4v) is 2.87. The van der Waals surface area contributed by atoms with Gasteiger partial charge in [-0.3, -0.25) is 4.98 Å². The highest BCUT2D eigenvalue weighted by Crippen LogP contribution is 2.28. The minimum absolute atomic E-state index is 0.147. The van der Waals surface area contributed by atoms with E-state index in [1.807, 2.05) is 39.1 Å². The summed E-state index contributed by atoms with van der Waals surface area (Å²) in [5.41, 5.74) is 0.997. The van der Waals surface area contributed by atoms with Crippen molar-refractivity contribution in [2.75, 3.05) is 6.54 Å². The Kier molecular flexibility index (Phi) is 5.04. The molecule has 2 rings (SSSR count). The zero-order valence-corrected chi connectivity index (χ0v) is 14.1. The second kappa shape index (κ2) is 6.63. The quantitative estimate of drug-likeness (QED) is 0.857. The van der Waals surface area contributed by atoms with Crippen molar-refractivity contribution in [1.82, 2.24) is 10.3 Å². The summed E-state index contributed by atoms with van der Waals surface area (Å²) in [5, 5.41) is 14.3. The molecule has 120 valence electrons. The van der Waals surface area contributed by atoms with Crippen LogP contribution in [0.4, 0.5) is 0 Å². The lowest BCUT2D eigenvalue weighted by Crippen LogP contribution is -2.39. The summed E-state index contributed by atoms with van der Waals surface area (Å²) in [5.74, 6) is 1.99. The molecule has 0 aliphatic rings. The van der Waals surface area contributed by atoms with Crippen molar-refractivity contribution in [2.24, 2.45) is 5.92 Å².